The summed E-state index contributed by atoms with van der Waals surface area (Å²) in [7, 11) is 0. The molecule has 0 aliphatic rings. The van der Waals surface area contributed by atoms with E-state index in [-0.39, 0.29) is 0 Å². The average molecular weight is 227 g/mol. The summed E-state index contributed by atoms with van der Waals surface area (Å²) in [5, 5.41) is 9.67. The van der Waals surface area contributed by atoms with Gasteiger partial charge in [0.1, 0.15) is 6.07 Å². The predicted molar refractivity (Wildman–Crippen MR) is 62.0 cm³/mol. The minimum atomic E-state index is 0.655. The highest BCUT2D eigenvalue weighted by Gasteiger charge is 2.05. The Bertz CT molecular complexity index is 532. The number of aromatic nitrogens is 2. The average Bonchev–Trinajstić information content (AvgIpc) is 2.33. The van der Waals surface area contributed by atoms with Crippen LogP contribution in [0.1, 0.15) is 11.1 Å². The number of benzene rings is 1. The molecule has 0 spiro atoms. The maximum atomic E-state index is 9.02. The zero-order valence-electron chi connectivity index (χ0n) is 8.71. The van der Waals surface area contributed by atoms with Gasteiger partial charge in [-0.15, -0.1) is 0 Å². The predicted octanol–water partition coefficient (Wildman–Crippen LogP) is 2.81. The summed E-state index contributed by atoms with van der Waals surface area (Å²) < 4.78 is 0. The number of nitriles is 1. The lowest BCUT2D eigenvalue weighted by Crippen LogP contribution is -1.87. The Morgan fingerprint density at radius 1 is 1.25 bits per heavy atom. The number of hydrogen-bond donors (Lipinski definition) is 0. The fourth-order valence-corrected chi connectivity index (χ4v) is 2.03. The first-order valence-electron chi connectivity index (χ1n) is 4.75. The smallest absolute Gasteiger partial charge is 0.192 e. The van der Waals surface area contributed by atoms with Gasteiger partial charge in [0.25, 0.3) is 0 Å². The Balaban J connectivity index is 2.32. The largest absolute Gasteiger partial charge is 0.231 e. The number of hydrogen-bond acceptors (Lipinski definition) is 4. The second-order valence-electron chi connectivity index (χ2n) is 3.24. The second kappa shape index (κ2) is 4.77. The quantitative estimate of drug-likeness (QED) is 0.740. The van der Waals surface area contributed by atoms with Crippen molar-refractivity contribution >= 4 is 11.8 Å². The fourth-order valence-electron chi connectivity index (χ4n) is 1.26. The molecule has 0 N–H and O–H groups in total. The van der Waals surface area contributed by atoms with Gasteiger partial charge in [-0.3, -0.25) is 0 Å². The Hall–Kier alpha value is -1.86. The topological polar surface area (TPSA) is 49.6 Å². The molecular formula is C12H9N3S. The Morgan fingerprint density at radius 3 is 2.69 bits per heavy atom. The van der Waals surface area contributed by atoms with Gasteiger partial charge in [-0.1, -0.05) is 6.07 Å². The van der Waals surface area contributed by atoms with Gasteiger partial charge in [-0.2, -0.15) is 5.26 Å². The molecule has 16 heavy (non-hydrogen) atoms. The molecule has 0 saturated carbocycles. The summed E-state index contributed by atoms with van der Waals surface area (Å²) >= 11 is 1.40. The van der Waals surface area contributed by atoms with Crippen molar-refractivity contribution in [3.8, 4) is 6.07 Å². The van der Waals surface area contributed by atoms with E-state index in [4.69, 9.17) is 5.26 Å². The molecular weight excluding hydrogens is 218 g/mol. The molecule has 0 aliphatic carbocycles. The molecule has 0 unspecified atom stereocenters. The van der Waals surface area contributed by atoms with E-state index in [1.807, 2.05) is 25.1 Å². The summed E-state index contributed by atoms with van der Waals surface area (Å²) in [6.45, 7) is 1.97. The van der Waals surface area contributed by atoms with Crippen molar-refractivity contribution in [3.63, 3.8) is 0 Å². The number of nitrogens with zero attached hydrogens (tertiary/aromatic N) is 3. The molecule has 0 aliphatic heterocycles. The van der Waals surface area contributed by atoms with Crippen LogP contribution in [0.25, 0.3) is 0 Å². The Labute approximate surface area is 98.2 Å². The number of aryl methyl sites for hydroxylation is 1. The first-order chi connectivity index (χ1) is 7.79. The van der Waals surface area contributed by atoms with Crippen molar-refractivity contribution in [1.29, 1.82) is 5.26 Å². The van der Waals surface area contributed by atoms with Crippen LogP contribution in [0.4, 0.5) is 0 Å². The van der Waals surface area contributed by atoms with Crippen molar-refractivity contribution in [1.82, 2.24) is 9.97 Å². The highest BCUT2D eigenvalue weighted by Crippen LogP contribution is 2.27. The van der Waals surface area contributed by atoms with Gasteiger partial charge >= 0.3 is 0 Å². The molecule has 0 fully saturated rings. The zero-order valence-corrected chi connectivity index (χ0v) is 9.53. The van der Waals surface area contributed by atoms with Gasteiger partial charge in [0.2, 0.25) is 0 Å². The van der Waals surface area contributed by atoms with Crippen molar-refractivity contribution in [3.05, 3.63) is 47.8 Å². The van der Waals surface area contributed by atoms with Crippen molar-refractivity contribution in [2.24, 2.45) is 0 Å². The minimum Gasteiger partial charge on any atom is -0.231 e. The summed E-state index contributed by atoms with van der Waals surface area (Å²) in [6, 6.07) is 9.72. The van der Waals surface area contributed by atoms with Gasteiger partial charge in [0, 0.05) is 17.3 Å². The van der Waals surface area contributed by atoms with Crippen LogP contribution in [0.15, 0.2) is 46.7 Å². The maximum absolute atomic E-state index is 9.02. The van der Waals surface area contributed by atoms with Crippen LogP contribution in [0.5, 0.6) is 0 Å². The molecule has 1 heterocycles. The van der Waals surface area contributed by atoms with Crippen molar-refractivity contribution in [2.75, 3.05) is 0 Å². The molecule has 0 atom stereocenters. The molecule has 0 bridgehead atoms. The van der Waals surface area contributed by atoms with Crippen LogP contribution in [0.2, 0.25) is 0 Å². The van der Waals surface area contributed by atoms with Crippen LogP contribution in [0, 0.1) is 18.3 Å². The van der Waals surface area contributed by atoms with Crippen LogP contribution < -0.4 is 0 Å². The lowest BCUT2D eigenvalue weighted by molar-refractivity contribution is 0.966. The van der Waals surface area contributed by atoms with Crippen molar-refractivity contribution in [2.45, 2.75) is 17.0 Å². The van der Waals surface area contributed by atoms with E-state index in [2.05, 4.69) is 16.0 Å². The summed E-state index contributed by atoms with van der Waals surface area (Å²) in [5.74, 6) is 0. The maximum Gasteiger partial charge on any atom is 0.192 e. The molecule has 1 aromatic heterocycles. The summed E-state index contributed by atoms with van der Waals surface area (Å²) in [4.78, 5) is 9.12. The molecule has 0 saturated heterocycles. The molecule has 1 aromatic carbocycles. The lowest BCUT2D eigenvalue weighted by Gasteiger charge is -2.02. The van der Waals surface area contributed by atoms with E-state index in [0.717, 1.165) is 10.5 Å². The van der Waals surface area contributed by atoms with Crippen LogP contribution in [0.3, 0.4) is 0 Å². The summed E-state index contributed by atoms with van der Waals surface area (Å²) in [6.07, 6.45) is 3.38. The molecule has 0 amide bonds. The van der Waals surface area contributed by atoms with E-state index in [0.29, 0.717) is 10.7 Å². The molecule has 78 valence electrons. The van der Waals surface area contributed by atoms with Gasteiger partial charge < -0.3 is 0 Å². The first-order valence-corrected chi connectivity index (χ1v) is 5.57. The summed E-state index contributed by atoms with van der Waals surface area (Å²) in [5.41, 5.74) is 1.74. The Morgan fingerprint density at radius 2 is 2.00 bits per heavy atom. The Kier molecular flexibility index (Phi) is 3.18. The van der Waals surface area contributed by atoms with Crippen LogP contribution >= 0.6 is 11.8 Å². The molecule has 0 radical (unpaired) electrons. The third kappa shape index (κ3) is 2.38. The van der Waals surface area contributed by atoms with E-state index < -0.39 is 0 Å². The monoisotopic (exact) mass is 227 g/mol. The molecule has 2 aromatic rings. The highest BCUT2D eigenvalue weighted by molar-refractivity contribution is 7.99. The normalized spacial score (nSPS) is 9.75. The fraction of sp³-hybridized carbons (Fsp3) is 0.0833. The third-order valence-electron chi connectivity index (χ3n) is 2.00. The van der Waals surface area contributed by atoms with Gasteiger partial charge in [0.05, 0.1) is 5.56 Å². The standard InChI is InChI=1S/C12H9N3S/c1-9-3-4-11(10(7-9)8-13)16-12-14-5-2-6-15-12/h2-7H,1H3. The number of rotatable bonds is 2. The minimum absolute atomic E-state index is 0.655. The van der Waals surface area contributed by atoms with E-state index in [1.54, 1.807) is 18.5 Å². The molecule has 3 nitrogen and oxygen atoms in total. The van der Waals surface area contributed by atoms with E-state index in [1.165, 1.54) is 11.8 Å². The van der Waals surface area contributed by atoms with Gasteiger partial charge in [-0.25, -0.2) is 9.97 Å². The highest BCUT2D eigenvalue weighted by atomic mass is 32.2. The van der Waals surface area contributed by atoms with E-state index in [9.17, 15) is 0 Å². The van der Waals surface area contributed by atoms with Crippen LogP contribution in [-0.2, 0) is 0 Å². The second-order valence-corrected chi connectivity index (χ2v) is 4.25. The molecule has 4 heteroatoms. The van der Waals surface area contributed by atoms with Crippen molar-refractivity contribution < 1.29 is 0 Å². The lowest BCUT2D eigenvalue weighted by atomic mass is 10.2. The first kappa shape index (κ1) is 10.7. The molecule has 2 rings (SSSR count). The third-order valence-corrected chi connectivity index (χ3v) is 2.97. The van der Waals surface area contributed by atoms with Gasteiger partial charge in [-0.05, 0) is 42.4 Å². The SMILES string of the molecule is Cc1ccc(Sc2ncccn2)c(C#N)c1. The van der Waals surface area contributed by atoms with E-state index >= 15 is 0 Å². The van der Waals surface area contributed by atoms with Gasteiger partial charge in [0.15, 0.2) is 5.16 Å². The zero-order chi connectivity index (χ0) is 11.4. The van der Waals surface area contributed by atoms with Crippen LogP contribution in [-0.4, -0.2) is 9.97 Å².